The van der Waals surface area contributed by atoms with E-state index in [-0.39, 0.29) is 6.03 Å². The zero-order valence-electron chi connectivity index (χ0n) is 8.03. The normalized spacial score (nSPS) is 16.8. The van der Waals surface area contributed by atoms with E-state index in [0.717, 1.165) is 13.1 Å². The molecule has 0 bridgehead atoms. The molecule has 0 spiro atoms. The van der Waals surface area contributed by atoms with E-state index in [1.807, 2.05) is 0 Å². The Morgan fingerprint density at radius 2 is 2.23 bits per heavy atom. The molecule has 0 aliphatic carbocycles. The zero-order valence-corrected chi connectivity index (χ0v) is 8.03. The average Bonchev–Trinajstić information content (AvgIpc) is 2.46. The number of carbonyl (C=O) groups excluding carboxylic acids is 1. The number of hydrogen-bond donors (Lipinski definition) is 0. The number of nitrogens with zero attached hydrogens (tertiary/aromatic N) is 2. The van der Waals surface area contributed by atoms with Gasteiger partial charge in [0.25, 0.3) is 0 Å². The van der Waals surface area contributed by atoms with E-state index in [0.29, 0.717) is 19.7 Å². The number of carbonyl (C=O) groups is 1. The predicted octanol–water partition coefficient (Wildman–Crippen LogP) is 0.556. The second-order valence-electron chi connectivity index (χ2n) is 3.00. The minimum atomic E-state index is 0.0944. The Morgan fingerprint density at radius 3 is 2.85 bits per heavy atom. The smallest absolute Gasteiger partial charge is 0.320 e. The Labute approximate surface area is 78.8 Å². The summed E-state index contributed by atoms with van der Waals surface area (Å²) in [5.74, 6) is 0. The molecule has 0 aromatic rings. The lowest BCUT2D eigenvalue weighted by Gasteiger charge is -2.16. The highest BCUT2D eigenvalue weighted by Gasteiger charge is 2.26. The van der Waals surface area contributed by atoms with Gasteiger partial charge in [0.2, 0.25) is 0 Å². The largest absolute Gasteiger partial charge is 0.383 e. The molecule has 1 aliphatic heterocycles. The second-order valence-corrected chi connectivity index (χ2v) is 3.00. The molecule has 1 heterocycles. The summed E-state index contributed by atoms with van der Waals surface area (Å²) in [7, 11) is 1.64. The maximum Gasteiger partial charge on any atom is 0.320 e. The molecule has 0 saturated carbocycles. The highest BCUT2D eigenvalue weighted by atomic mass is 16.5. The minimum absolute atomic E-state index is 0.0944. The first kappa shape index (κ1) is 10.1. The SMILES string of the molecule is C=CCN1CCN(CCOC)C1=O. The van der Waals surface area contributed by atoms with Gasteiger partial charge in [0, 0.05) is 33.3 Å². The summed E-state index contributed by atoms with van der Waals surface area (Å²) in [5.41, 5.74) is 0. The quantitative estimate of drug-likeness (QED) is 0.585. The molecule has 1 saturated heterocycles. The lowest BCUT2D eigenvalue weighted by Crippen LogP contribution is -2.33. The molecule has 2 amide bonds. The van der Waals surface area contributed by atoms with Crippen LogP contribution in [0.15, 0.2) is 12.7 Å². The van der Waals surface area contributed by atoms with E-state index in [4.69, 9.17) is 4.74 Å². The van der Waals surface area contributed by atoms with Crippen molar-refractivity contribution in [3.05, 3.63) is 12.7 Å². The maximum absolute atomic E-state index is 11.5. The van der Waals surface area contributed by atoms with Gasteiger partial charge in [-0.2, -0.15) is 0 Å². The molecule has 0 aromatic carbocycles. The highest BCUT2D eigenvalue weighted by Crippen LogP contribution is 2.07. The van der Waals surface area contributed by atoms with Gasteiger partial charge in [-0.1, -0.05) is 6.08 Å². The van der Waals surface area contributed by atoms with Crippen LogP contribution >= 0.6 is 0 Å². The first-order chi connectivity index (χ1) is 6.29. The fourth-order valence-electron chi connectivity index (χ4n) is 1.37. The van der Waals surface area contributed by atoms with Crippen LogP contribution in [0.1, 0.15) is 0 Å². The lowest BCUT2D eigenvalue weighted by atomic mass is 10.5. The standard InChI is InChI=1S/C9H16N2O2/c1-3-4-10-5-6-11(9(10)12)7-8-13-2/h3H,1,4-8H2,2H3. The summed E-state index contributed by atoms with van der Waals surface area (Å²) >= 11 is 0. The number of urea groups is 1. The molecular weight excluding hydrogens is 168 g/mol. The molecular formula is C9H16N2O2. The molecule has 4 nitrogen and oxygen atoms in total. The zero-order chi connectivity index (χ0) is 9.68. The highest BCUT2D eigenvalue weighted by molar-refractivity contribution is 5.76. The number of methoxy groups -OCH3 is 1. The van der Waals surface area contributed by atoms with Gasteiger partial charge in [-0.25, -0.2) is 4.79 Å². The first-order valence-corrected chi connectivity index (χ1v) is 4.43. The summed E-state index contributed by atoms with van der Waals surface area (Å²) in [6, 6.07) is 0.0944. The maximum atomic E-state index is 11.5. The van der Waals surface area contributed by atoms with Crippen molar-refractivity contribution in [1.29, 1.82) is 0 Å². The van der Waals surface area contributed by atoms with E-state index in [1.54, 1.807) is 23.0 Å². The van der Waals surface area contributed by atoms with Gasteiger partial charge >= 0.3 is 6.03 Å². The van der Waals surface area contributed by atoms with Gasteiger partial charge < -0.3 is 14.5 Å². The Bertz CT molecular complexity index is 194. The van der Waals surface area contributed by atoms with Gasteiger partial charge in [0.05, 0.1) is 6.61 Å². The fourth-order valence-corrected chi connectivity index (χ4v) is 1.37. The van der Waals surface area contributed by atoms with Crippen molar-refractivity contribution >= 4 is 6.03 Å². The number of amides is 2. The number of rotatable bonds is 5. The molecule has 1 rings (SSSR count). The summed E-state index contributed by atoms with van der Waals surface area (Å²) in [6.45, 7) is 7.14. The molecule has 0 atom stereocenters. The molecule has 1 fully saturated rings. The van der Waals surface area contributed by atoms with Crippen LogP contribution in [-0.2, 0) is 4.74 Å². The van der Waals surface area contributed by atoms with Crippen LogP contribution in [0, 0.1) is 0 Å². The Kier molecular flexibility index (Phi) is 3.76. The number of ether oxygens (including phenoxy) is 1. The molecule has 0 radical (unpaired) electrons. The van der Waals surface area contributed by atoms with Crippen LogP contribution in [0.4, 0.5) is 4.79 Å². The fraction of sp³-hybridized carbons (Fsp3) is 0.667. The van der Waals surface area contributed by atoms with E-state index < -0.39 is 0 Å². The molecule has 74 valence electrons. The molecule has 1 aliphatic rings. The third-order valence-corrected chi connectivity index (χ3v) is 2.10. The van der Waals surface area contributed by atoms with E-state index in [1.165, 1.54) is 0 Å². The van der Waals surface area contributed by atoms with Crippen LogP contribution in [0.2, 0.25) is 0 Å². The van der Waals surface area contributed by atoms with Crippen LogP contribution in [-0.4, -0.2) is 55.7 Å². The van der Waals surface area contributed by atoms with Gasteiger partial charge in [-0.3, -0.25) is 0 Å². The third-order valence-electron chi connectivity index (χ3n) is 2.10. The third kappa shape index (κ3) is 2.45. The van der Waals surface area contributed by atoms with E-state index in [9.17, 15) is 4.79 Å². The lowest BCUT2D eigenvalue weighted by molar-refractivity contribution is 0.155. The van der Waals surface area contributed by atoms with Gasteiger partial charge in [0.15, 0.2) is 0 Å². The van der Waals surface area contributed by atoms with Crippen molar-refractivity contribution in [1.82, 2.24) is 9.80 Å². The minimum Gasteiger partial charge on any atom is -0.383 e. The Hall–Kier alpha value is -1.03. The Balaban J connectivity index is 2.36. The van der Waals surface area contributed by atoms with Crippen molar-refractivity contribution in [2.75, 3.05) is 39.9 Å². The summed E-state index contributed by atoms with van der Waals surface area (Å²) < 4.78 is 4.91. The van der Waals surface area contributed by atoms with Crippen molar-refractivity contribution < 1.29 is 9.53 Å². The molecule has 0 unspecified atom stereocenters. The van der Waals surface area contributed by atoms with Crippen molar-refractivity contribution in [2.45, 2.75) is 0 Å². The van der Waals surface area contributed by atoms with Crippen LogP contribution in [0.3, 0.4) is 0 Å². The van der Waals surface area contributed by atoms with E-state index >= 15 is 0 Å². The van der Waals surface area contributed by atoms with Gasteiger partial charge in [-0.15, -0.1) is 6.58 Å². The topological polar surface area (TPSA) is 32.8 Å². The van der Waals surface area contributed by atoms with Crippen LogP contribution < -0.4 is 0 Å². The van der Waals surface area contributed by atoms with E-state index in [2.05, 4.69) is 6.58 Å². The summed E-state index contributed by atoms with van der Waals surface area (Å²) in [6.07, 6.45) is 1.75. The molecule has 0 aromatic heterocycles. The predicted molar refractivity (Wildman–Crippen MR) is 50.6 cm³/mol. The van der Waals surface area contributed by atoms with Gasteiger partial charge in [-0.05, 0) is 0 Å². The summed E-state index contributed by atoms with van der Waals surface area (Å²) in [4.78, 5) is 15.1. The van der Waals surface area contributed by atoms with Crippen LogP contribution in [0.5, 0.6) is 0 Å². The average molecular weight is 184 g/mol. The molecule has 13 heavy (non-hydrogen) atoms. The van der Waals surface area contributed by atoms with Gasteiger partial charge in [0.1, 0.15) is 0 Å². The Morgan fingerprint density at radius 1 is 1.54 bits per heavy atom. The van der Waals surface area contributed by atoms with Crippen molar-refractivity contribution in [3.63, 3.8) is 0 Å². The molecule has 0 N–H and O–H groups in total. The monoisotopic (exact) mass is 184 g/mol. The molecule has 4 heteroatoms. The number of hydrogen-bond acceptors (Lipinski definition) is 2. The first-order valence-electron chi connectivity index (χ1n) is 4.43. The second kappa shape index (κ2) is 4.87. The van der Waals surface area contributed by atoms with Crippen LogP contribution in [0.25, 0.3) is 0 Å². The van der Waals surface area contributed by atoms with Crippen molar-refractivity contribution in [2.24, 2.45) is 0 Å². The van der Waals surface area contributed by atoms with Crippen molar-refractivity contribution in [3.8, 4) is 0 Å². The summed E-state index contributed by atoms with van der Waals surface area (Å²) in [5, 5.41) is 0.